The number of nitrogens with zero attached hydrogens (tertiary/aromatic N) is 2. The third kappa shape index (κ3) is 3.94. The minimum Gasteiger partial charge on any atom is -0.496 e. The molecule has 0 radical (unpaired) electrons. The number of rotatable bonds is 4. The van der Waals surface area contributed by atoms with Gasteiger partial charge >= 0.3 is 0 Å². The number of amides is 1. The molecule has 5 heteroatoms. The topological polar surface area (TPSA) is 44.8 Å². The lowest BCUT2D eigenvalue weighted by Crippen LogP contribution is -2.52. The second-order valence-corrected chi connectivity index (χ2v) is 4.81. The van der Waals surface area contributed by atoms with Crippen molar-refractivity contribution in [1.82, 2.24) is 15.3 Å². The van der Waals surface area contributed by atoms with E-state index in [2.05, 4.69) is 17.4 Å². The van der Waals surface area contributed by atoms with Crippen molar-refractivity contribution in [3.8, 4) is 5.75 Å². The standard InChI is InChI=1S/C14H21N3O2/c1-16-7-9-17(10-8-16)15-14(18)11-12-5-3-4-6-13(12)19-2/h3-6H,7-11H2,1-2H3,(H,15,18). The summed E-state index contributed by atoms with van der Waals surface area (Å²) >= 11 is 0. The molecule has 0 aliphatic carbocycles. The monoisotopic (exact) mass is 263 g/mol. The van der Waals surface area contributed by atoms with Crippen LogP contribution in [0.25, 0.3) is 0 Å². The van der Waals surface area contributed by atoms with Gasteiger partial charge in [0.2, 0.25) is 5.91 Å². The number of carbonyl (C=O) groups is 1. The van der Waals surface area contributed by atoms with Gasteiger partial charge in [-0.05, 0) is 13.1 Å². The maximum atomic E-state index is 12.0. The second kappa shape index (κ2) is 6.54. The van der Waals surface area contributed by atoms with E-state index in [1.807, 2.05) is 29.3 Å². The predicted octanol–water partition coefficient (Wildman–Crippen LogP) is 0.516. The molecule has 1 aromatic carbocycles. The highest BCUT2D eigenvalue weighted by molar-refractivity contribution is 5.78. The summed E-state index contributed by atoms with van der Waals surface area (Å²) in [4.78, 5) is 14.3. The van der Waals surface area contributed by atoms with Crippen LogP contribution in [0.5, 0.6) is 5.75 Å². The van der Waals surface area contributed by atoms with E-state index >= 15 is 0 Å². The van der Waals surface area contributed by atoms with E-state index < -0.39 is 0 Å². The first kappa shape index (κ1) is 13.8. The average Bonchev–Trinajstić information content (AvgIpc) is 2.42. The lowest BCUT2D eigenvalue weighted by molar-refractivity contribution is -0.126. The molecule has 1 fully saturated rings. The van der Waals surface area contributed by atoms with Crippen molar-refractivity contribution in [2.45, 2.75) is 6.42 Å². The Bertz CT molecular complexity index is 428. The van der Waals surface area contributed by atoms with Crippen molar-refractivity contribution in [2.75, 3.05) is 40.3 Å². The Morgan fingerprint density at radius 2 is 1.95 bits per heavy atom. The summed E-state index contributed by atoms with van der Waals surface area (Å²) in [6.07, 6.45) is 0.344. The van der Waals surface area contributed by atoms with Gasteiger partial charge in [-0.15, -0.1) is 0 Å². The smallest absolute Gasteiger partial charge is 0.238 e. The number of likely N-dealkylation sites (N-methyl/N-ethyl adjacent to an activating group) is 1. The molecule has 1 aliphatic rings. The van der Waals surface area contributed by atoms with Crippen LogP contribution in [0, 0.1) is 0 Å². The Kier molecular flexibility index (Phi) is 4.76. The molecule has 1 N–H and O–H groups in total. The number of benzene rings is 1. The molecule has 2 rings (SSSR count). The quantitative estimate of drug-likeness (QED) is 0.860. The zero-order valence-corrected chi connectivity index (χ0v) is 11.6. The minimum absolute atomic E-state index is 0.00838. The molecule has 5 nitrogen and oxygen atoms in total. The number of hydrogen-bond acceptors (Lipinski definition) is 4. The summed E-state index contributed by atoms with van der Waals surface area (Å²) in [7, 11) is 3.71. The SMILES string of the molecule is COc1ccccc1CC(=O)NN1CCN(C)CC1. The van der Waals surface area contributed by atoms with Gasteiger partial charge in [-0.2, -0.15) is 0 Å². The van der Waals surface area contributed by atoms with Gasteiger partial charge in [-0.3, -0.25) is 10.2 Å². The second-order valence-electron chi connectivity index (χ2n) is 4.81. The predicted molar refractivity (Wildman–Crippen MR) is 73.9 cm³/mol. The minimum atomic E-state index is 0.00838. The normalized spacial score (nSPS) is 17.2. The van der Waals surface area contributed by atoms with E-state index in [1.54, 1.807) is 7.11 Å². The average molecular weight is 263 g/mol. The van der Waals surface area contributed by atoms with Crippen LogP contribution in [0.2, 0.25) is 0 Å². The largest absolute Gasteiger partial charge is 0.496 e. The van der Waals surface area contributed by atoms with Gasteiger partial charge in [0.25, 0.3) is 0 Å². The van der Waals surface area contributed by atoms with Gasteiger partial charge < -0.3 is 9.64 Å². The van der Waals surface area contributed by atoms with Crippen molar-refractivity contribution >= 4 is 5.91 Å². The van der Waals surface area contributed by atoms with Gasteiger partial charge in [-0.1, -0.05) is 18.2 Å². The van der Waals surface area contributed by atoms with Gasteiger partial charge in [-0.25, -0.2) is 5.01 Å². The fourth-order valence-corrected chi connectivity index (χ4v) is 2.16. The van der Waals surface area contributed by atoms with Crippen molar-refractivity contribution in [3.63, 3.8) is 0 Å². The molecule has 1 amide bonds. The molecule has 1 aliphatic heterocycles. The summed E-state index contributed by atoms with van der Waals surface area (Å²) in [5.74, 6) is 0.769. The Labute approximate surface area is 114 Å². The van der Waals surface area contributed by atoms with Crippen LogP contribution in [0.3, 0.4) is 0 Å². The molecule has 0 aromatic heterocycles. The van der Waals surface area contributed by atoms with E-state index in [9.17, 15) is 4.79 Å². The maximum absolute atomic E-state index is 12.0. The number of carbonyl (C=O) groups excluding carboxylic acids is 1. The molecule has 0 spiro atoms. The summed E-state index contributed by atoms with van der Waals surface area (Å²) in [6, 6.07) is 7.61. The lowest BCUT2D eigenvalue weighted by Gasteiger charge is -2.32. The number of piperazine rings is 1. The first-order valence-electron chi connectivity index (χ1n) is 6.54. The molecule has 0 bridgehead atoms. The first-order chi connectivity index (χ1) is 9.19. The van der Waals surface area contributed by atoms with Crippen LogP contribution in [0.15, 0.2) is 24.3 Å². The van der Waals surface area contributed by atoms with E-state index in [0.29, 0.717) is 6.42 Å². The summed E-state index contributed by atoms with van der Waals surface area (Å²) in [5, 5.41) is 1.98. The summed E-state index contributed by atoms with van der Waals surface area (Å²) in [6.45, 7) is 3.70. The Morgan fingerprint density at radius 1 is 1.26 bits per heavy atom. The molecule has 1 aromatic rings. The van der Waals surface area contributed by atoms with Crippen LogP contribution >= 0.6 is 0 Å². The zero-order valence-electron chi connectivity index (χ0n) is 11.6. The maximum Gasteiger partial charge on any atom is 0.238 e. The van der Waals surface area contributed by atoms with Gasteiger partial charge in [0, 0.05) is 31.7 Å². The van der Waals surface area contributed by atoms with Gasteiger partial charge in [0.15, 0.2) is 0 Å². The number of ether oxygens (including phenoxy) is 1. The molecular weight excluding hydrogens is 242 g/mol. The number of para-hydroxylation sites is 1. The van der Waals surface area contributed by atoms with E-state index in [1.165, 1.54) is 0 Å². The lowest BCUT2D eigenvalue weighted by atomic mass is 10.1. The van der Waals surface area contributed by atoms with Crippen molar-refractivity contribution in [1.29, 1.82) is 0 Å². The summed E-state index contributed by atoms with van der Waals surface area (Å²) in [5.41, 5.74) is 3.86. The third-order valence-electron chi connectivity index (χ3n) is 3.33. The number of methoxy groups -OCH3 is 1. The van der Waals surface area contributed by atoms with Crippen LogP contribution in [0.1, 0.15) is 5.56 Å². The van der Waals surface area contributed by atoms with Crippen molar-refractivity contribution in [2.24, 2.45) is 0 Å². The van der Waals surface area contributed by atoms with Crippen LogP contribution < -0.4 is 10.2 Å². The van der Waals surface area contributed by atoms with E-state index in [-0.39, 0.29) is 5.91 Å². The van der Waals surface area contributed by atoms with E-state index in [4.69, 9.17) is 4.74 Å². The summed E-state index contributed by atoms with van der Waals surface area (Å²) < 4.78 is 5.25. The van der Waals surface area contributed by atoms with Crippen molar-refractivity contribution in [3.05, 3.63) is 29.8 Å². The molecule has 19 heavy (non-hydrogen) atoms. The Morgan fingerprint density at radius 3 is 2.63 bits per heavy atom. The highest BCUT2D eigenvalue weighted by Gasteiger charge is 2.16. The molecule has 0 saturated carbocycles. The molecule has 104 valence electrons. The van der Waals surface area contributed by atoms with Crippen LogP contribution in [0.4, 0.5) is 0 Å². The van der Waals surface area contributed by atoms with Crippen LogP contribution in [-0.4, -0.2) is 56.2 Å². The fourth-order valence-electron chi connectivity index (χ4n) is 2.16. The Balaban J connectivity index is 1.87. The molecule has 1 heterocycles. The Hall–Kier alpha value is -1.59. The van der Waals surface area contributed by atoms with Crippen LogP contribution in [-0.2, 0) is 11.2 Å². The molecule has 0 unspecified atom stereocenters. The highest BCUT2D eigenvalue weighted by Crippen LogP contribution is 2.17. The highest BCUT2D eigenvalue weighted by atomic mass is 16.5. The number of hydrogen-bond donors (Lipinski definition) is 1. The number of nitrogens with one attached hydrogen (secondary N) is 1. The molecule has 1 saturated heterocycles. The van der Waals surface area contributed by atoms with Gasteiger partial charge in [0.1, 0.15) is 5.75 Å². The van der Waals surface area contributed by atoms with Crippen molar-refractivity contribution < 1.29 is 9.53 Å². The fraction of sp³-hybridized carbons (Fsp3) is 0.500. The molecular formula is C14H21N3O2. The van der Waals surface area contributed by atoms with E-state index in [0.717, 1.165) is 37.5 Å². The number of hydrazine groups is 1. The zero-order chi connectivity index (χ0) is 13.7. The van der Waals surface area contributed by atoms with Gasteiger partial charge in [0.05, 0.1) is 13.5 Å². The third-order valence-corrected chi connectivity index (χ3v) is 3.33. The molecule has 0 atom stereocenters. The first-order valence-corrected chi connectivity index (χ1v) is 6.54.